The molecule has 0 saturated carbocycles. The molecular weight excluding hydrogens is 270 g/mol. The fraction of sp³-hybridized carbons (Fsp3) is 0.625. The maximum atomic E-state index is 6.51. The number of nitrogens with two attached hydrogens (primary N) is 1. The van der Waals surface area contributed by atoms with Crippen LogP contribution in [0.4, 0.5) is 0 Å². The molecule has 1 spiro atoms. The lowest BCUT2D eigenvalue weighted by molar-refractivity contribution is -0.0834. The summed E-state index contributed by atoms with van der Waals surface area (Å²) in [7, 11) is 1.69. The standard InChI is InChI=1S/C16H23NO2S/c1-18-14-4-2-12(3-5-14)15(17)13-6-8-19-16(10-13)7-9-20-11-16/h2-5,13,15H,6-11,17H2,1H3. The largest absolute Gasteiger partial charge is 0.497 e. The predicted molar refractivity (Wildman–Crippen MR) is 83.3 cm³/mol. The van der Waals surface area contributed by atoms with Gasteiger partial charge in [-0.2, -0.15) is 11.8 Å². The van der Waals surface area contributed by atoms with Gasteiger partial charge >= 0.3 is 0 Å². The normalized spacial score (nSPS) is 31.4. The molecule has 3 atom stereocenters. The van der Waals surface area contributed by atoms with Crippen LogP contribution >= 0.6 is 11.8 Å². The fourth-order valence-corrected chi connectivity index (χ4v) is 4.71. The molecule has 0 radical (unpaired) electrons. The predicted octanol–water partition coefficient (Wildman–Crippen LogP) is 3.00. The highest BCUT2D eigenvalue weighted by molar-refractivity contribution is 7.99. The van der Waals surface area contributed by atoms with Gasteiger partial charge in [0.1, 0.15) is 5.75 Å². The summed E-state index contributed by atoms with van der Waals surface area (Å²) in [5.41, 5.74) is 7.82. The summed E-state index contributed by atoms with van der Waals surface area (Å²) >= 11 is 2.01. The van der Waals surface area contributed by atoms with E-state index in [9.17, 15) is 0 Å². The number of hydrogen-bond donors (Lipinski definition) is 1. The number of hydrogen-bond acceptors (Lipinski definition) is 4. The second-order valence-electron chi connectivity index (χ2n) is 5.89. The van der Waals surface area contributed by atoms with Gasteiger partial charge < -0.3 is 15.2 Å². The van der Waals surface area contributed by atoms with E-state index in [0.29, 0.717) is 5.92 Å². The highest BCUT2D eigenvalue weighted by Gasteiger charge is 2.42. The third-order valence-electron chi connectivity index (χ3n) is 4.61. The average molecular weight is 293 g/mol. The Balaban J connectivity index is 1.70. The molecule has 0 aliphatic carbocycles. The molecule has 2 N–H and O–H groups in total. The van der Waals surface area contributed by atoms with Crippen LogP contribution in [0.1, 0.15) is 30.9 Å². The first-order chi connectivity index (χ1) is 9.72. The molecule has 2 saturated heterocycles. The van der Waals surface area contributed by atoms with Crippen LogP contribution in [0.15, 0.2) is 24.3 Å². The molecular formula is C16H23NO2S. The summed E-state index contributed by atoms with van der Waals surface area (Å²) < 4.78 is 11.3. The van der Waals surface area contributed by atoms with E-state index >= 15 is 0 Å². The first kappa shape index (κ1) is 14.2. The SMILES string of the molecule is COc1ccc(C(N)C2CCOC3(CCSC3)C2)cc1. The van der Waals surface area contributed by atoms with Crippen LogP contribution in [0.2, 0.25) is 0 Å². The quantitative estimate of drug-likeness (QED) is 0.930. The van der Waals surface area contributed by atoms with Crippen molar-refractivity contribution < 1.29 is 9.47 Å². The monoisotopic (exact) mass is 293 g/mol. The molecule has 2 aliphatic rings. The van der Waals surface area contributed by atoms with Crippen LogP contribution in [0, 0.1) is 5.92 Å². The number of rotatable bonds is 3. The first-order valence-corrected chi connectivity index (χ1v) is 8.49. The molecule has 2 fully saturated rings. The van der Waals surface area contributed by atoms with Gasteiger partial charge in [0.25, 0.3) is 0 Å². The maximum absolute atomic E-state index is 6.51. The van der Waals surface area contributed by atoms with Crippen LogP contribution in [0.5, 0.6) is 5.75 Å². The molecule has 20 heavy (non-hydrogen) atoms. The van der Waals surface area contributed by atoms with Gasteiger partial charge in [-0.1, -0.05) is 12.1 Å². The Bertz CT molecular complexity index is 442. The molecule has 3 unspecified atom stereocenters. The van der Waals surface area contributed by atoms with Crippen molar-refractivity contribution in [2.75, 3.05) is 25.2 Å². The summed E-state index contributed by atoms with van der Waals surface area (Å²) in [6.45, 7) is 0.856. The number of thioether (sulfide) groups is 1. The number of ether oxygens (including phenoxy) is 2. The summed E-state index contributed by atoms with van der Waals surface area (Å²) in [5, 5.41) is 0. The minimum atomic E-state index is 0.104. The average Bonchev–Trinajstić information content (AvgIpc) is 2.94. The van der Waals surface area contributed by atoms with Gasteiger partial charge in [-0.05, 0) is 48.6 Å². The van der Waals surface area contributed by atoms with Crippen LogP contribution < -0.4 is 10.5 Å². The van der Waals surface area contributed by atoms with Gasteiger partial charge in [0.05, 0.1) is 12.7 Å². The first-order valence-electron chi connectivity index (χ1n) is 7.34. The van der Waals surface area contributed by atoms with Crippen molar-refractivity contribution in [3.8, 4) is 5.75 Å². The van der Waals surface area contributed by atoms with E-state index in [4.69, 9.17) is 15.2 Å². The Morgan fingerprint density at radius 1 is 1.40 bits per heavy atom. The molecule has 0 bridgehead atoms. The second kappa shape index (κ2) is 5.96. The maximum Gasteiger partial charge on any atom is 0.118 e. The number of methoxy groups -OCH3 is 1. The van der Waals surface area contributed by atoms with Gasteiger partial charge in [-0.15, -0.1) is 0 Å². The van der Waals surface area contributed by atoms with E-state index < -0.39 is 0 Å². The minimum absolute atomic E-state index is 0.104. The van der Waals surface area contributed by atoms with E-state index in [-0.39, 0.29) is 11.6 Å². The highest BCUT2D eigenvalue weighted by atomic mass is 32.2. The zero-order valence-electron chi connectivity index (χ0n) is 12.0. The lowest BCUT2D eigenvalue weighted by Crippen LogP contribution is -2.42. The molecule has 3 rings (SSSR count). The van der Waals surface area contributed by atoms with Crippen molar-refractivity contribution in [3.63, 3.8) is 0 Å². The van der Waals surface area contributed by atoms with Crippen molar-refractivity contribution in [1.82, 2.24) is 0 Å². The van der Waals surface area contributed by atoms with Gasteiger partial charge in [0.2, 0.25) is 0 Å². The van der Waals surface area contributed by atoms with Crippen LogP contribution in [-0.2, 0) is 4.74 Å². The summed E-state index contributed by atoms with van der Waals surface area (Å²) in [4.78, 5) is 0. The minimum Gasteiger partial charge on any atom is -0.497 e. The van der Waals surface area contributed by atoms with Gasteiger partial charge in [-0.25, -0.2) is 0 Å². The molecule has 2 heterocycles. The van der Waals surface area contributed by atoms with Gasteiger partial charge in [0.15, 0.2) is 0 Å². The molecule has 0 aromatic heterocycles. The highest BCUT2D eigenvalue weighted by Crippen LogP contribution is 2.43. The van der Waals surface area contributed by atoms with Gasteiger partial charge in [-0.3, -0.25) is 0 Å². The topological polar surface area (TPSA) is 44.5 Å². The van der Waals surface area contributed by atoms with E-state index in [1.165, 1.54) is 17.7 Å². The zero-order valence-corrected chi connectivity index (χ0v) is 12.8. The third-order valence-corrected chi connectivity index (χ3v) is 5.83. The molecule has 1 aromatic rings. The van der Waals surface area contributed by atoms with E-state index in [1.54, 1.807) is 7.11 Å². The van der Waals surface area contributed by atoms with Crippen molar-refractivity contribution in [2.24, 2.45) is 11.7 Å². The Morgan fingerprint density at radius 3 is 2.85 bits per heavy atom. The van der Waals surface area contributed by atoms with E-state index in [0.717, 1.165) is 31.0 Å². The van der Waals surface area contributed by atoms with Crippen LogP contribution in [0.25, 0.3) is 0 Å². The van der Waals surface area contributed by atoms with Crippen LogP contribution in [0.3, 0.4) is 0 Å². The third kappa shape index (κ3) is 2.83. The molecule has 2 aliphatic heterocycles. The van der Waals surface area contributed by atoms with Gasteiger partial charge in [0, 0.05) is 18.4 Å². The van der Waals surface area contributed by atoms with Crippen molar-refractivity contribution in [2.45, 2.75) is 30.9 Å². The Labute approximate surface area is 125 Å². The Hall–Kier alpha value is -0.710. The van der Waals surface area contributed by atoms with Crippen LogP contribution in [-0.4, -0.2) is 30.8 Å². The summed E-state index contributed by atoms with van der Waals surface area (Å²) in [5.74, 6) is 3.77. The summed E-state index contributed by atoms with van der Waals surface area (Å²) in [6, 6.07) is 8.28. The molecule has 0 amide bonds. The summed E-state index contributed by atoms with van der Waals surface area (Å²) in [6.07, 6.45) is 3.36. The smallest absolute Gasteiger partial charge is 0.118 e. The zero-order chi connectivity index (χ0) is 14.0. The van der Waals surface area contributed by atoms with E-state index in [1.807, 2.05) is 23.9 Å². The van der Waals surface area contributed by atoms with Crippen molar-refractivity contribution in [1.29, 1.82) is 0 Å². The molecule has 3 nitrogen and oxygen atoms in total. The Morgan fingerprint density at radius 2 is 2.20 bits per heavy atom. The Kier molecular flexibility index (Phi) is 4.24. The number of benzene rings is 1. The van der Waals surface area contributed by atoms with Crippen molar-refractivity contribution in [3.05, 3.63) is 29.8 Å². The molecule has 110 valence electrons. The second-order valence-corrected chi connectivity index (χ2v) is 6.99. The fourth-order valence-electron chi connectivity index (χ4n) is 3.33. The van der Waals surface area contributed by atoms with E-state index in [2.05, 4.69) is 12.1 Å². The van der Waals surface area contributed by atoms with Crippen molar-refractivity contribution >= 4 is 11.8 Å². The lowest BCUT2D eigenvalue weighted by Gasteiger charge is -2.40. The lowest BCUT2D eigenvalue weighted by atomic mass is 9.79. The molecule has 4 heteroatoms. The molecule has 1 aromatic carbocycles.